The number of hydrogen-bond donors (Lipinski definition) is 1. The van der Waals surface area contributed by atoms with Crippen molar-refractivity contribution in [3.05, 3.63) is 30.6 Å². The molecule has 0 saturated carbocycles. The van der Waals surface area contributed by atoms with Gasteiger partial charge in [0.15, 0.2) is 0 Å². The number of nitrogens with one attached hydrogen (secondary N) is 1. The molecule has 0 aliphatic carbocycles. The Labute approximate surface area is 88.2 Å². The summed E-state index contributed by atoms with van der Waals surface area (Å²) in [4.78, 5) is 12.2. The molecule has 0 bridgehead atoms. The van der Waals surface area contributed by atoms with Gasteiger partial charge in [0.05, 0.1) is 23.8 Å². The Kier molecular flexibility index (Phi) is 2.62. The first-order valence-electron chi connectivity index (χ1n) is 4.85. The van der Waals surface area contributed by atoms with Crippen LogP contribution in [0.3, 0.4) is 0 Å². The molecule has 0 aliphatic rings. The number of imidazole rings is 1. The number of nitrogens with zero attached hydrogens (tertiary/aromatic N) is 4. The highest BCUT2D eigenvalue weighted by Gasteiger charge is 2.03. The first-order valence-corrected chi connectivity index (χ1v) is 4.85. The quantitative estimate of drug-likeness (QED) is 0.825. The molecule has 0 aromatic carbocycles. The smallest absolute Gasteiger partial charge is 0.207 e. The zero-order valence-electron chi connectivity index (χ0n) is 8.81. The monoisotopic (exact) mass is 203 g/mol. The molecular weight excluding hydrogens is 190 g/mol. The lowest BCUT2D eigenvalue weighted by molar-refractivity contribution is 0.771. The van der Waals surface area contributed by atoms with E-state index in [0.29, 0.717) is 0 Å². The minimum absolute atomic E-state index is 0.824. The molecule has 15 heavy (non-hydrogen) atoms. The summed E-state index contributed by atoms with van der Waals surface area (Å²) < 4.78 is 2.04. The van der Waals surface area contributed by atoms with Gasteiger partial charge in [-0.25, -0.2) is 15.0 Å². The number of rotatable bonds is 3. The maximum atomic E-state index is 4.37. The molecule has 5 heteroatoms. The molecule has 0 radical (unpaired) electrons. The molecule has 0 saturated heterocycles. The lowest BCUT2D eigenvalue weighted by Crippen LogP contribution is -2.01. The summed E-state index contributed by atoms with van der Waals surface area (Å²) >= 11 is 0. The van der Waals surface area contributed by atoms with Crippen LogP contribution in [-0.4, -0.2) is 19.5 Å². The summed E-state index contributed by atoms with van der Waals surface area (Å²) in [5.41, 5.74) is 1.84. The van der Waals surface area contributed by atoms with Crippen molar-refractivity contribution in [1.29, 1.82) is 0 Å². The second-order valence-corrected chi connectivity index (χ2v) is 3.24. The van der Waals surface area contributed by atoms with Crippen molar-refractivity contribution in [1.82, 2.24) is 19.5 Å². The normalized spacial score (nSPS) is 10.3. The first kappa shape index (κ1) is 9.64. The van der Waals surface area contributed by atoms with Gasteiger partial charge in [0.25, 0.3) is 0 Å². The van der Waals surface area contributed by atoms with Crippen LogP contribution in [0.15, 0.2) is 24.9 Å². The average molecular weight is 203 g/mol. The van der Waals surface area contributed by atoms with Crippen molar-refractivity contribution >= 4 is 11.6 Å². The van der Waals surface area contributed by atoms with Crippen LogP contribution in [-0.2, 0) is 6.54 Å². The fourth-order valence-corrected chi connectivity index (χ4v) is 1.38. The van der Waals surface area contributed by atoms with Gasteiger partial charge in [-0.05, 0) is 13.8 Å². The summed E-state index contributed by atoms with van der Waals surface area (Å²) in [5, 5.41) is 3.17. The summed E-state index contributed by atoms with van der Waals surface area (Å²) in [6, 6.07) is 0. The summed E-state index contributed by atoms with van der Waals surface area (Å²) in [6.07, 6.45) is 6.95. The number of aromatic nitrogens is 4. The van der Waals surface area contributed by atoms with E-state index in [9.17, 15) is 0 Å². The fraction of sp³-hybridized carbons (Fsp3) is 0.300. The van der Waals surface area contributed by atoms with Crippen LogP contribution in [0.25, 0.3) is 0 Å². The van der Waals surface area contributed by atoms with Crippen LogP contribution >= 0.6 is 0 Å². The minimum Gasteiger partial charge on any atom is -0.323 e. The molecule has 0 aliphatic heterocycles. The van der Waals surface area contributed by atoms with E-state index in [0.717, 1.165) is 23.9 Å². The number of hydrogen-bond acceptors (Lipinski definition) is 4. The van der Waals surface area contributed by atoms with Gasteiger partial charge in [-0.1, -0.05) is 0 Å². The number of anilines is 2. The van der Waals surface area contributed by atoms with Crippen LogP contribution in [0.4, 0.5) is 11.6 Å². The van der Waals surface area contributed by atoms with Gasteiger partial charge in [0.2, 0.25) is 5.95 Å². The van der Waals surface area contributed by atoms with Gasteiger partial charge < -0.3 is 9.88 Å². The van der Waals surface area contributed by atoms with Crippen molar-refractivity contribution in [2.75, 3.05) is 5.32 Å². The Morgan fingerprint density at radius 2 is 2.07 bits per heavy atom. The minimum atomic E-state index is 0.824. The maximum absolute atomic E-state index is 4.37. The van der Waals surface area contributed by atoms with Crippen molar-refractivity contribution < 1.29 is 0 Å². The highest BCUT2D eigenvalue weighted by Crippen LogP contribution is 2.13. The standard InChI is InChI=1S/C10H13N5/c1-3-15-6-8(2)13-10(15)14-9-4-11-7-12-5-9/h4-7H,3H2,1-2H3,(H,13,14). The largest absolute Gasteiger partial charge is 0.323 e. The van der Waals surface area contributed by atoms with E-state index in [4.69, 9.17) is 0 Å². The highest BCUT2D eigenvalue weighted by atomic mass is 15.2. The van der Waals surface area contributed by atoms with Gasteiger partial charge in [-0.3, -0.25) is 0 Å². The van der Waals surface area contributed by atoms with Crippen LogP contribution < -0.4 is 5.32 Å². The average Bonchev–Trinajstić information content (AvgIpc) is 2.60. The molecular formula is C10H13N5. The molecule has 0 spiro atoms. The van der Waals surface area contributed by atoms with E-state index in [-0.39, 0.29) is 0 Å². The summed E-state index contributed by atoms with van der Waals surface area (Å²) in [6.45, 7) is 4.93. The Morgan fingerprint density at radius 3 is 2.73 bits per heavy atom. The second kappa shape index (κ2) is 4.08. The van der Waals surface area contributed by atoms with E-state index in [1.807, 2.05) is 17.7 Å². The lowest BCUT2D eigenvalue weighted by atomic mass is 10.5. The van der Waals surface area contributed by atoms with Crippen molar-refractivity contribution in [2.24, 2.45) is 0 Å². The van der Waals surface area contributed by atoms with Gasteiger partial charge in [0, 0.05) is 12.7 Å². The van der Waals surface area contributed by atoms with Crippen molar-refractivity contribution in [3.8, 4) is 0 Å². The lowest BCUT2D eigenvalue weighted by Gasteiger charge is -2.06. The molecule has 0 fully saturated rings. The molecule has 78 valence electrons. The molecule has 5 nitrogen and oxygen atoms in total. The third kappa shape index (κ3) is 2.12. The van der Waals surface area contributed by atoms with Crippen LogP contribution in [0.2, 0.25) is 0 Å². The van der Waals surface area contributed by atoms with Crippen LogP contribution in [0, 0.1) is 6.92 Å². The Balaban J connectivity index is 2.24. The molecule has 2 rings (SSSR count). The van der Waals surface area contributed by atoms with Gasteiger partial charge in [-0.15, -0.1) is 0 Å². The van der Waals surface area contributed by atoms with E-state index in [1.165, 1.54) is 6.33 Å². The van der Waals surface area contributed by atoms with Gasteiger partial charge in [-0.2, -0.15) is 0 Å². The van der Waals surface area contributed by atoms with Crippen molar-refractivity contribution in [3.63, 3.8) is 0 Å². The number of aryl methyl sites for hydroxylation is 2. The Hall–Kier alpha value is -1.91. The summed E-state index contributed by atoms with van der Waals surface area (Å²) in [7, 11) is 0. The zero-order chi connectivity index (χ0) is 10.7. The zero-order valence-corrected chi connectivity index (χ0v) is 8.81. The highest BCUT2D eigenvalue weighted by molar-refractivity contribution is 5.50. The second-order valence-electron chi connectivity index (χ2n) is 3.24. The van der Waals surface area contributed by atoms with E-state index in [2.05, 4.69) is 27.2 Å². The summed E-state index contributed by atoms with van der Waals surface area (Å²) in [5.74, 6) is 0.824. The molecule has 2 aromatic heterocycles. The van der Waals surface area contributed by atoms with Gasteiger partial charge in [0.1, 0.15) is 6.33 Å². The first-order chi connectivity index (χ1) is 7.29. The van der Waals surface area contributed by atoms with Crippen LogP contribution in [0.5, 0.6) is 0 Å². The molecule has 0 atom stereocenters. The Bertz CT molecular complexity index is 434. The molecule has 2 heterocycles. The SMILES string of the molecule is CCn1cc(C)nc1Nc1cncnc1. The predicted molar refractivity (Wildman–Crippen MR) is 58.0 cm³/mol. The molecule has 0 unspecified atom stereocenters. The third-order valence-corrected chi connectivity index (χ3v) is 2.05. The van der Waals surface area contributed by atoms with Crippen LogP contribution in [0.1, 0.15) is 12.6 Å². The topological polar surface area (TPSA) is 55.6 Å². The molecule has 0 amide bonds. The third-order valence-electron chi connectivity index (χ3n) is 2.05. The predicted octanol–water partition coefficient (Wildman–Crippen LogP) is 1.75. The van der Waals surface area contributed by atoms with Crippen molar-refractivity contribution in [2.45, 2.75) is 20.4 Å². The van der Waals surface area contributed by atoms with E-state index >= 15 is 0 Å². The fourth-order valence-electron chi connectivity index (χ4n) is 1.38. The van der Waals surface area contributed by atoms with Gasteiger partial charge >= 0.3 is 0 Å². The molecule has 1 N–H and O–H groups in total. The molecule has 2 aromatic rings. The van der Waals surface area contributed by atoms with E-state index < -0.39 is 0 Å². The van der Waals surface area contributed by atoms with E-state index in [1.54, 1.807) is 12.4 Å². The Morgan fingerprint density at radius 1 is 1.33 bits per heavy atom. The maximum Gasteiger partial charge on any atom is 0.207 e.